The van der Waals surface area contributed by atoms with E-state index < -0.39 is 22.0 Å². The van der Waals surface area contributed by atoms with Gasteiger partial charge in [-0.2, -0.15) is 4.72 Å². The molecule has 0 spiro atoms. The second kappa shape index (κ2) is 9.45. The molecule has 1 heterocycles. The highest BCUT2D eigenvalue weighted by Gasteiger charge is 2.27. The number of carbonyl (C=O) groups is 2. The van der Waals surface area contributed by atoms with Crippen LogP contribution in [0.15, 0.2) is 53.9 Å². The molecular formula is C23H27N3O4S. The molecule has 1 aliphatic rings. The van der Waals surface area contributed by atoms with Gasteiger partial charge in [0, 0.05) is 30.3 Å². The molecule has 1 aliphatic heterocycles. The largest absolute Gasteiger partial charge is 0.325 e. The van der Waals surface area contributed by atoms with E-state index in [1.807, 2.05) is 24.3 Å². The van der Waals surface area contributed by atoms with Crippen LogP contribution < -0.4 is 14.9 Å². The van der Waals surface area contributed by atoms with Gasteiger partial charge in [0.05, 0.1) is 0 Å². The maximum absolute atomic E-state index is 12.9. The van der Waals surface area contributed by atoms with Crippen molar-refractivity contribution in [3.63, 3.8) is 0 Å². The van der Waals surface area contributed by atoms with Crippen molar-refractivity contribution in [2.75, 3.05) is 16.8 Å². The van der Waals surface area contributed by atoms with Crippen LogP contribution in [-0.4, -0.2) is 32.8 Å². The standard InChI is InChI=1S/C23H27N3O4S/c1-16(2)22(25-31(29,30)14-12-18-7-5-4-6-8-18)23(28)24-20-9-10-21-19(15-20)11-13-26(21)17(3)27/h4-10,12,14-16,22,25H,11,13H2,1-3H3,(H,24,28). The number of nitrogens with zero attached hydrogens (tertiary/aromatic N) is 1. The highest BCUT2D eigenvalue weighted by molar-refractivity contribution is 7.92. The van der Waals surface area contributed by atoms with Gasteiger partial charge >= 0.3 is 0 Å². The van der Waals surface area contributed by atoms with Crippen LogP contribution in [0.25, 0.3) is 6.08 Å². The lowest BCUT2D eigenvalue weighted by Crippen LogP contribution is -2.46. The zero-order chi connectivity index (χ0) is 22.6. The number of sulfonamides is 1. The van der Waals surface area contributed by atoms with Gasteiger partial charge in [-0.3, -0.25) is 9.59 Å². The number of amides is 2. The third-order valence-electron chi connectivity index (χ3n) is 5.10. The van der Waals surface area contributed by atoms with Gasteiger partial charge in [0.25, 0.3) is 0 Å². The number of carbonyl (C=O) groups excluding carboxylic acids is 2. The van der Waals surface area contributed by atoms with Crippen molar-refractivity contribution in [3.8, 4) is 0 Å². The van der Waals surface area contributed by atoms with Crippen LogP contribution in [0.3, 0.4) is 0 Å². The molecule has 0 bridgehead atoms. The van der Waals surface area contributed by atoms with E-state index in [0.717, 1.165) is 22.2 Å². The Morgan fingerprint density at radius 2 is 1.81 bits per heavy atom. The first kappa shape index (κ1) is 22.7. The first-order chi connectivity index (χ1) is 14.7. The first-order valence-electron chi connectivity index (χ1n) is 10.1. The molecule has 0 fully saturated rings. The number of hydrogen-bond donors (Lipinski definition) is 2. The van der Waals surface area contributed by atoms with E-state index in [2.05, 4.69) is 10.0 Å². The summed E-state index contributed by atoms with van der Waals surface area (Å²) in [4.78, 5) is 26.2. The molecule has 2 N–H and O–H groups in total. The van der Waals surface area contributed by atoms with Crippen molar-refractivity contribution in [3.05, 3.63) is 65.1 Å². The summed E-state index contributed by atoms with van der Waals surface area (Å²) in [5.74, 6) is -0.719. The lowest BCUT2D eigenvalue weighted by molar-refractivity contribution is -0.118. The van der Waals surface area contributed by atoms with Crippen molar-refractivity contribution >= 4 is 39.3 Å². The number of rotatable bonds is 7. The van der Waals surface area contributed by atoms with Crippen LogP contribution >= 0.6 is 0 Å². The maximum atomic E-state index is 12.9. The third kappa shape index (κ3) is 5.80. The number of hydrogen-bond acceptors (Lipinski definition) is 4. The smallest absolute Gasteiger partial charge is 0.242 e. The summed E-state index contributed by atoms with van der Waals surface area (Å²) >= 11 is 0. The van der Waals surface area contributed by atoms with Crippen LogP contribution in [-0.2, 0) is 26.0 Å². The fourth-order valence-electron chi connectivity index (χ4n) is 3.47. The maximum Gasteiger partial charge on any atom is 0.242 e. The van der Waals surface area contributed by atoms with Gasteiger partial charge in [-0.25, -0.2) is 8.42 Å². The summed E-state index contributed by atoms with van der Waals surface area (Å²) in [7, 11) is -3.82. The van der Waals surface area contributed by atoms with E-state index in [4.69, 9.17) is 0 Å². The Bertz CT molecular complexity index is 1100. The van der Waals surface area contributed by atoms with Crippen LogP contribution in [0.1, 0.15) is 31.9 Å². The Hall–Kier alpha value is -2.97. The highest BCUT2D eigenvalue weighted by Crippen LogP contribution is 2.30. The van der Waals surface area contributed by atoms with E-state index in [1.165, 1.54) is 13.0 Å². The molecule has 2 aromatic rings. The second-order valence-electron chi connectivity index (χ2n) is 7.85. The van der Waals surface area contributed by atoms with E-state index in [0.29, 0.717) is 18.7 Å². The SMILES string of the molecule is CC(=O)N1CCc2cc(NC(=O)C(NS(=O)(=O)C=Cc3ccccc3)C(C)C)ccc21. The molecule has 1 atom stereocenters. The highest BCUT2D eigenvalue weighted by atomic mass is 32.2. The van der Waals surface area contributed by atoms with E-state index in [1.54, 1.807) is 43.0 Å². The molecule has 7 nitrogen and oxygen atoms in total. The summed E-state index contributed by atoms with van der Waals surface area (Å²) in [5.41, 5.74) is 3.13. The molecular weight excluding hydrogens is 414 g/mol. The lowest BCUT2D eigenvalue weighted by atomic mass is 10.0. The summed E-state index contributed by atoms with van der Waals surface area (Å²) in [5, 5.41) is 3.87. The van der Waals surface area contributed by atoms with Crippen molar-refractivity contribution in [2.45, 2.75) is 33.2 Å². The Balaban J connectivity index is 1.71. The second-order valence-corrected chi connectivity index (χ2v) is 9.45. The minimum absolute atomic E-state index is 0.0200. The molecule has 164 valence electrons. The Kier molecular flexibility index (Phi) is 6.92. The van der Waals surface area contributed by atoms with Crippen molar-refractivity contribution < 1.29 is 18.0 Å². The minimum atomic E-state index is -3.82. The molecule has 0 aromatic heterocycles. The van der Waals surface area contributed by atoms with Gasteiger partial charge in [-0.15, -0.1) is 0 Å². The predicted molar refractivity (Wildman–Crippen MR) is 123 cm³/mol. The fraction of sp³-hybridized carbons (Fsp3) is 0.304. The summed E-state index contributed by atoms with van der Waals surface area (Å²) in [6, 6.07) is 13.5. The molecule has 2 amide bonds. The van der Waals surface area contributed by atoms with Gasteiger partial charge in [0.2, 0.25) is 21.8 Å². The molecule has 2 aromatic carbocycles. The van der Waals surface area contributed by atoms with Crippen molar-refractivity contribution in [2.24, 2.45) is 5.92 Å². The van der Waals surface area contributed by atoms with E-state index >= 15 is 0 Å². The molecule has 0 saturated carbocycles. The van der Waals surface area contributed by atoms with Crippen molar-refractivity contribution in [1.82, 2.24) is 4.72 Å². The monoisotopic (exact) mass is 441 g/mol. The molecule has 8 heteroatoms. The van der Waals surface area contributed by atoms with Gasteiger partial charge in [-0.05, 0) is 47.7 Å². The summed E-state index contributed by atoms with van der Waals surface area (Å²) in [6.07, 6.45) is 2.20. The van der Waals surface area contributed by atoms with Crippen LogP contribution in [0.5, 0.6) is 0 Å². The fourth-order valence-corrected chi connectivity index (χ4v) is 4.62. The first-order valence-corrected chi connectivity index (χ1v) is 11.7. The normalized spacial score (nSPS) is 14.6. The number of anilines is 2. The lowest BCUT2D eigenvalue weighted by Gasteiger charge is -2.21. The molecule has 0 saturated heterocycles. The average Bonchev–Trinajstić information content (AvgIpc) is 3.15. The van der Waals surface area contributed by atoms with Crippen LogP contribution in [0.2, 0.25) is 0 Å². The van der Waals surface area contributed by atoms with Gasteiger partial charge in [0.1, 0.15) is 6.04 Å². The number of fused-ring (bicyclic) bond motifs is 1. The Morgan fingerprint density at radius 1 is 1.10 bits per heavy atom. The van der Waals surface area contributed by atoms with Crippen molar-refractivity contribution in [1.29, 1.82) is 0 Å². The number of nitrogens with one attached hydrogen (secondary N) is 2. The van der Waals surface area contributed by atoms with Gasteiger partial charge in [0.15, 0.2) is 0 Å². The quantitative estimate of drug-likeness (QED) is 0.690. The Labute approximate surface area is 183 Å². The minimum Gasteiger partial charge on any atom is -0.325 e. The molecule has 0 aliphatic carbocycles. The summed E-state index contributed by atoms with van der Waals surface area (Å²) in [6.45, 7) is 5.70. The molecule has 1 unspecified atom stereocenters. The number of benzene rings is 2. The third-order valence-corrected chi connectivity index (χ3v) is 6.18. The zero-order valence-electron chi connectivity index (χ0n) is 17.8. The predicted octanol–water partition coefficient (Wildman–Crippen LogP) is 3.15. The molecule has 0 radical (unpaired) electrons. The van der Waals surface area contributed by atoms with E-state index in [-0.39, 0.29) is 11.8 Å². The Morgan fingerprint density at radius 3 is 2.45 bits per heavy atom. The van der Waals surface area contributed by atoms with Crippen LogP contribution in [0.4, 0.5) is 11.4 Å². The van der Waals surface area contributed by atoms with Crippen LogP contribution in [0, 0.1) is 5.92 Å². The summed E-state index contributed by atoms with van der Waals surface area (Å²) < 4.78 is 27.5. The molecule has 3 rings (SSSR count). The topological polar surface area (TPSA) is 95.6 Å². The zero-order valence-corrected chi connectivity index (χ0v) is 18.6. The van der Waals surface area contributed by atoms with Gasteiger partial charge < -0.3 is 10.2 Å². The molecule has 31 heavy (non-hydrogen) atoms. The van der Waals surface area contributed by atoms with Gasteiger partial charge in [-0.1, -0.05) is 44.2 Å². The average molecular weight is 442 g/mol. The van der Waals surface area contributed by atoms with E-state index in [9.17, 15) is 18.0 Å².